The Hall–Kier alpha value is -0.480. The van der Waals surface area contributed by atoms with Crippen LogP contribution in [0.4, 0.5) is 0 Å². The Kier molecular flexibility index (Phi) is 3.27. The average molecular weight is 218 g/mol. The molecule has 0 amide bonds. The molecule has 0 atom stereocenters. The van der Waals surface area contributed by atoms with E-state index in [1.54, 1.807) is 15.4 Å². The van der Waals surface area contributed by atoms with Crippen LogP contribution in [-0.2, 0) is 0 Å². The lowest BCUT2D eigenvalue weighted by molar-refractivity contribution is 0.389. The summed E-state index contributed by atoms with van der Waals surface area (Å²) in [7, 11) is 4.79. The topological polar surface area (TPSA) is 52.7 Å². The minimum atomic E-state index is -2.51. The van der Waals surface area contributed by atoms with E-state index in [4.69, 9.17) is 4.52 Å². The van der Waals surface area contributed by atoms with E-state index >= 15 is 0 Å². The van der Waals surface area contributed by atoms with Crippen LogP contribution in [0.3, 0.4) is 0 Å². The van der Waals surface area contributed by atoms with Gasteiger partial charge in [-0.25, -0.2) is 4.89 Å². The Morgan fingerprint density at radius 3 is 2.07 bits per heavy atom. The van der Waals surface area contributed by atoms with Crippen molar-refractivity contribution in [2.45, 2.75) is 6.92 Å². The Morgan fingerprint density at radius 1 is 1.29 bits per heavy atom. The molecule has 6 heteroatoms. The van der Waals surface area contributed by atoms with E-state index in [9.17, 15) is 4.89 Å². The number of aromatic nitrogens is 1. The first kappa shape index (κ1) is 11.6. The van der Waals surface area contributed by atoms with Crippen LogP contribution in [-0.4, -0.2) is 47.6 Å². The van der Waals surface area contributed by atoms with E-state index in [0.717, 1.165) is 5.69 Å². The summed E-state index contributed by atoms with van der Waals surface area (Å²) in [4.78, 5) is 10.5. The molecular formula is C8H17N3O2P+. The normalized spacial score (nSPS) is 12.9. The van der Waals surface area contributed by atoms with Crippen molar-refractivity contribution in [2.24, 2.45) is 0 Å². The van der Waals surface area contributed by atoms with Crippen LogP contribution < -0.4 is 5.50 Å². The average Bonchev–Trinajstić information content (AvgIpc) is 2.49. The van der Waals surface area contributed by atoms with Gasteiger partial charge in [-0.2, -0.15) is 0 Å². The third-order valence-corrected chi connectivity index (χ3v) is 5.06. The fourth-order valence-corrected chi connectivity index (χ4v) is 3.26. The molecule has 0 aromatic carbocycles. The number of nitrogens with zero attached hydrogens (tertiary/aromatic N) is 3. The second-order valence-corrected chi connectivity index (χ2v) is 6.75. The van der Waals surface area contributed by atoms with Crippen LogP contribution >= 0.6 is 7.79 Å². The van der Waals surface area contributed by atoms with Crippen molar-refractivity contribution in [1.29, 1.82) is 0 Å². The molecular weight excluding hydrogens is 201 g/mol. The summed E-state index contributed by atoms with van der Waals surface area (Å²) in [5, 5.41) is 3.79. The Labute approximate surface area is 84.8 Å². The van der Waals surface area contributed by atoms with Gasteiger partial charge in [-0.1, -0.05) is 5.16 Å². The number of aryl methyl sites for hydroxylation is 1. The second-order valence-electron chi connectivity index (χ2n) is 3.57. The van der Waals surface area contributed by atoms with Gasteiger partial charge in [0.2, 0.25) is 0 Å². The minimum Gasteiger partial charge on any atom is -0.313 e. The summed E-state index contributed by atoms with van der Waals surface area (Å²) in [5.41, 5.74) is 1.31. The van der Waals surface area contributed by atoms with E-state index in [2.05, 4.69) is 5.16 Å². The van der Waals surface area contributed by atoms with Crippen molar-refractivity contribution in [3.63, 3.8) is 0 Å². The zero-order chi connectivity index (χ0) is 10.9. The summed E-state index contributed by atoms with van der Waals surface area (Å²) in [6.07, 6.45) is 0. The molecule has 1 heterocycles. The lowest BCUT2D eigenvalue weighted by Crippen LogP contribution is -2.33. The Balaban J connectivity index is 3.12. The van der Waals surface area contributed by atoms with Crippen molar-refractivity contribution in [3.8, 4) is 0 Å². The van der Waals surface area contributed by atoms with Crippen LogP contribution in [0.5, 0.6) is 0 Å². The molecule has 0 saturated carbocycles. The molecule has 5 nitrogen and oxygen atoms in total. The van der Waals surface area contributed by atoms with Crippen LogP contribution in [0, 0.1) is 6.92 Å². The van der Waals surface area contributed by atoms with Crippen molar-refractivity contribution in [3.05, 3.63) is 11.8 Å². The van der Waals surface area contributed by atoms with Crippen LogP contribution in [0.15, 0.2) is 10.6 Å². The molecule has 0 aliphatic carbocycles. The van der Waals surface area contributed by atoms with Crippen LogP contribution in [0.25, 0.3) is 0 Å². The van der Waals surface area contributed by atoms with Gasteiger partial charge in [0.15, 0.2) is 0 Å². The largest absolute Gasteiger partial charge is 0.359 e. The van der Waals surface area contributed by atoms with Gasteiger partial charge in [-0.05, 0) is 6.92 Å². The highest BCUT2D eigenvalue weighted by Gasteiger charge is 2.49. The van der Waals surface area contributed by atoms with Gasteiger partial charge < -0.3 is 4.52 Å². The lowest BCUT2D eigenvalue weighted by atomic mass is 10.5. The highest BCUT2D eigenvalue weighted by atomic mass is 31.2. The molecule has 80 valence electrons. The summed E-state index contributed by atoms with van der Waals surface area (Å²) >= 11 is 0. The zero-order valence-corrected chi connectivity index (χ0v) is 10.1. The molecule has 0 saturated heterocycles. The summed E-state index contributed by atoms with van der Waals surface area (Å²) in [6, 6.07) is 1.77. The molecule has 1 aromatic rings. The van der Waals surface area contributed by atoms with Crippen LogP contribution in [0.2, 0.25) is 0 Å². The smallest absolute Gasteiger partial charge is 0.313 e. The molecule has 0 aliphatic rings. The molecule has 0 bridgehead atoms. The molecule has 0 fully saturated rings. The van der Waals surface area contributed by atoms with E-state index in [-0.39, 0.29) is 0 Å². The number of hydrogen-bond donors (Lipinski definition) is 1. The maximum Gasteiger partial charge on any atom is 0.359 e. The molecule has 1 rings (SSSR count). The van der Waals surface area contributed by atoms with Gasteiger partial charge in [0.1, 0.15) is 0 Å². The quantitative estimate of drug-likeness (QED) is 0.748. The summed E-state index contributed by atoms with van der Waals surface area (Å²) in [5.74, 6) is 0. The molecule has 14 heavy (non-hydrogen) atoms. The summed E-state index contributed by atoms with van der Waals surface area (Å²) in [6.45, 7) is 1.84. The first-order valence-electron chi connectivity index (χ1n) is 4.30. The molecule has 0 radical (unpaired) electrons. The summed E-state index contributed by atoms with van der Waals surface area (Å²) < 4.78 is 8.66. The van der Waals surface area contributed by atoms with E-state index in [0.29, 0.717) is 5.50 Å². The fourth-order valence-electron chi connectivity index (χ4n) is 1.24. The SMILES string of the molecule is Cc1cc([P+](O)(N(C)C)N(C)C)on1. The predicted octanol–water partition coefficient (Wildman–Crippen LogP) is 0.486. The standard InChI is InChI=1S/C8H17N3O2P/c1-7-6-8(13-9-7)14(12,10(2)3)11(4)5/h6,12H,1-5H3/q+1. The van der Waals surface area contributed by atoms with Crippen molar-refractivity contribution >= 4 is 13.3 Å². The van der Waals surface area contributed by atoms with Crippen molar-refractivity contribution in [2.75, 3.05) is 28.2 Å². The van der Waals surface area contributed by atoms with Gasteiger partial charge in [0, 0.05) is 28.2 Å². The van der Waals surface area contributed by atoms with Gasteiger partial charge in [0.05, 0.1) is 11.8 Å². The van der Waals surface area contributed by atoms with Crippen molar-refractivity contribution in [1.82, 2.24) is 14.5 Å². The van der Waals surface area contributed by atoms with Gasteiger partial charge in [-0.3, -0.25) is 0 Å². The Bertz CT molecular complexity index is 303. The first-order chi connectivity index (χ1) is 6.39. The highest BCUT2D eigenvalue weighted by molar-refractivity contribution is 7.72. The minimum absolute atomic E-state index is 0.532. The van der Waals surface area contributed by atoms with E-state index in [1.165, 1.54) is 0 Å². The van der Waals surface area contributed by atoms with Gasteiger partial charge in [-0.15, -0.1) is 9.34 Å². The molecule has 0 unspecified atom stereocenters. The van der Waals surface area contributed by atoms with Gasteiger partial charge in [0.25, 0.3) is 0 Å². The maximum absolute atomic E-state index is 10.5. The molecule has 1 aromatic heterocycles. The van der Waals surface area contributed by atoms with E-state index in [1.807, 2.05) is 35.1 Å². The van der Waals surface area contributed by atoms with Gasteiger partial charge >= 0.3 is 13.3 Å². The van der Waals surface area contributed by atoms with Crippen molar-refractivity contribution < 1.29 is 9.42 Å². The molecule has 0 aliphatic heterocycles. The number of hydrogen-bond acceptors (Lipinski definition) is 5. The molecule has 1 N–H and O–H groups in total. The highest BCUT2D eigenvalue weighted by Crippen LogP contribution is 2.56. The predicted molar refractivity (Wildman–Crippen MR) is 57.4 cm³/mol. The number of rotatable bonds is 3. The third kappa shape index (κ3) is 1.81. The van der Waals surface area contributed by atoms with Crippen LogP contribution in [0.1, 0.15) is 5.69 Å². The second kappa shape index (κ2) is 3.95. The first-order valence-corrected chi connectivity index (χ1v) is 5.95. The third-order valence-electron chi connectivity index (χ3n) is 2.03. The molecule has 0 spiro atoms. The monoisotopic (exact) mass is 218 g/mol. The lowest BCUT2D eigenvalue weighted by Gasteiger charge is -2.26. The van der Waals surface area contributed by atoms with E-state index < -0.39 is 7.79 Å². The zero-order valence-electron chi connectivity index (χ0n) is 9.22. The Morgan fingerprint density at radius 2 is 1.79 bits per heavy atom. The maximum atomic E-state index is 10.5. The fraction of sp³-hybridized carbons (Fsp3) is 0.625.